The van der Waals surface area contributed by atoms with Crippen molar-refractivity contribution >= 4 is 5.91 Å². The van der Waals surface area contributed by atoms with Gasteiger partial charge in [-0.25, -0.2) is 9.67 Å². The second kappa shape index (κ2) is 5.68. The predicted molar refractivity (Wildman–Crippen MR) is 96.0 cm³/mol. The summed E-state index contributed by atoms with van der Waals surface area (Å²) in [6.45, 7) is 7.76. The molecular formula is C20H26N4O. The molecule has 1 N–H and O–H groups in total. The van der Waals surface area contributed by atoms with Crippen molar-refractivity contribution in [2.75, 3.05) is 0 Å². The summed E-state index contributed by atoms with van der Waals surface area (Å²) in [7, 11) is 0. The minimum absolute atomic E-state index is 0.0434. The molecule has 1 amide bonds. The zero-order valence-corrected chi connectivity index (χ0v) is 15.2. The molecule has 132 valence electrons. The number of hydrogen-bond donors (Lipinski definition) is 1. The number of rotatable bonds is 4. The van der Waals surface area contributed by atoms with Gasteiger partial charge in [-0.2, -0.15) is 5.10 Å². The average Bonchev–Trinajstić information content (AvgIpc) is 3.21. The molecule has 1 heterocycles. The fraction of sp³-hybridized carbons (Fsp3) is 0.550. The van der Waals surface area contributed by atoms with Crippen LogP contribution in [0.4, 0.5) is 0 Å². The molecule has 5 nitrogen and oxygen atoms in total. The number of aromatic nitrogens is 3. The summed E-state index contributed by atoms with van der Waals surface area (Å²) in [5.74, 6) is 0.773. The van der Waals surface area contributed by atoms with E-state index in [2.05, 4.69) is 36.2 Å². The summed E-state index contributed by atoms with van der Waals surface area (Å²) >= 11 is 0. The number of fused-ring (bicyclic) bond motifs is 2. The number of benzene rings is 1. The molecule has 1 aromatic carbocycles. The first-order valence-corrected chi connectivity index (χ1v) is 9.12. The largest absolute Gasteiger partial charge is 0.349 e. The maximum Gasteiger partial charge on any atom is 0.251 e. The highest BCUT2D eigenvalue weighted by Gasteiger charge is 2.61. The Labute approximate surface area is 148 Å². The van der Waals surface area contributed by atoms with Gasteiger partial charge in [-0.3, -0.25) is 4.79 Å². The third-order valence-electron chi connectivity index (χ3n) is 7.13. The Kier molecular flexibility index (Phi) is 3.71. The van der Waals surface area contributed by atoms with Crippen LogP contribution in [0.5, 0.6) is 0 Å². The molecule has 2 aliphatic rings. The van der Waals surface area contributed by atoms with E-state index in [1.54, 1.807) is 11.0 Å². The highest BCUT2D eigenvalue weighted by atomic mass is 16.1. The topological polar surface area (TPSA) is 59.8 Å². The monoisotopic (exact) mass is 338 g/mol. The van der Waals surface area contributed by atoms with Crippen LogP contribution in [0.1, 0.15) is 56.0 Å². The van der Waals surface area contributed by atoms with E-state index in [-0.39, 0.29) is 17.4 Å². The van der Waals surface area contributed by atoms with Crippen molar-refractivity contribution in [2.45, 2.75) is 52.6 Å². The Morgan fingerprint density at radius 2 is 2.04 bits per heavy atom. The molecule has 1 aromatic heterocycles. The molecule has 2 aliphatic carbocycles. The standard InChI is InChI=1S/C20H26N4O/c1-19(2)16-8-9-20(19,3)17(10-16)23-18(25)15-6-4-14(5-7-15)11-24-13-21-12-22-24/h4-7,12-13,16-17H,8-11H2,1-3H3,(H,23,25). The van der Waals surface area contributed by atoms with E-state index in [0.29, 0.717) is 12.0 Å². The molecule has 0 spiro atoms. The summed E-state index contributed by atoms with van der Waals surface area (Å²) in [6.07, 6.45) is 6.84. The number of nitrogens with one attached hydrogen (secondary N) is 1. The van der Waals surface area contributed by atoms with Crippen LogP contribution in [0.3, 0.4) is 0 Å². The van der Waals surface area contributed by atoms with Crippen LogP contribution < -0.4 is 5.32 Å². The third kappa shape index (κ3) is 2.57. The zero-order chi connectivity index (χ0) is 17.7. The van der Waals surface area contributed by atoms with Gasteiger partial charge in [0.25, 0.3) is 5.91 Å². The van der Waals surface area contributed by atoms with Crippen LogP contribution in [-0.2, 0) is 6.54 Å². The first-order chi connectivity index (χ1) is 11.9. The van der Waals surface area contributed by atoms with E-state index in [1.807, 2.05) is 24.3 Å². The van der Waals surface area contributed by atoms with Crippen LogP contribution in [0.2, 0.25) is 0 Å². The van der Waals surface area contributed by atoms with Gasteiger partial charge in [0, 0.05) is 11.6 Å². The summed E-state index contributed by atoms with van der Waals surface area (Å²) in [6, 6.07) is 8.07. The van der Waals surface area contributed by atoms with Crippen molar-refractivity contribution < 1.29 is 4.79 Å². The Bertz CT molecular complexity index is 766. The van der Waals surface area contributed by atoms with E-state index >= 15 is 0 Å². The number of carbonyl (C=O) groups is 1. The van der Waals surface area contributed by atoms with Gasteiger partial charge in [-0.15, -0.1) is 0 Å². The van der Waals surface area contributed by atoms with E-state index in [0.717, 1.165) is 23.5 Å². The van der Waals surface area contributed by atoms with E-state index < -0.39 is 0 Å². The first-order valence-electron chi connectivity index (χ1n) is 9.12. The summed E-state index contributed by atoms with van der Waals surface area (Å²) < 4.78 is 1.77. The van der Waals surface area contributed by atoms with Crippen molar-refractivity contribution in [1.29, 1.82) is 0 Å². The quantitative estimate of drug-likeness (QED) is 0.931. The molecule has 0 radical (unpaired) electrons. The van der Waals surface area contributed by atoms with Crippen molar-refractivity contribution in [3.05, 3.63) is 48.0 Å². The van der Waals surface area contributed by atoms with E-state index in [4.69, 9.17) is 0 Å². The minimum atomic E-state index is 0.0434. The summed E-state index contributed by atoms with van der Waals surface area (Å²) in [5, 5.41) is 7.43. The molecule has 2 bridgehead atoms. The Hall–Kier alpha value is -2.17. The fourth-order valence-electron chi connectivity index (χ4n) is 4.93. The smallest absolute Gasteiger partial charge is 0.251 e. The predicted octanol–water partition coefficient (Wildman–Crippen LogP) is 3.27. The van der Waals surface area contributed by atoms with Crippen LogP contribution in [-0.4, -0.2) is 26.7 Å². The van der Waals surface area contributed by atoms with Crippen LogP contribution >= 0.6 is 0 Å². The van der Waals surface area contributed by atoms with Crippen LogP contribution in [0.15, 0.2) is 36.9 Å². The maximum absolute atomic E-state index is 12.7. The molecule has 2 aromatic rings. The lowest BCUT2D eigenvalue weighted by Gasteiger charge is -2.39. The minimum Gasteiger partial charge on any atom is -0.349 e. The van der Waals surface area contributed by atoms with Gasteiger partial charge in [-0.05, 0) is 53.7 Å². The molecule has 4 rings (SSSR count). The van der Waals surface area contributed by atoms with Gasteiger partial charge in [0.2, 0.25) is 0 Å². The van der Waals surface area contributed by atoms with Gasteiger partial charge in [0.15, 0.2) is 0 Å². The van der Waals surface area contributed by atoms with Crippen LogP contribution in [0.25, 0.3) is 0 Å². The molecule has 3 unspecified atom stereocenters. The second-order valence-corrected chi connectivity index (χ2v) is 8.43. The van der Waals surface area contributed by atoms with Crippen molar-refractivity contribution in [3.63, 3.8) is 0 Å². The molecule has 25 heavy (non-hydrogen) atoms. The van der Waals surface area contributed by atoms with Gasteiger partial charge in [-0.1, -0.05) is 32.9 Å². The van der Waals surface area contributed by atoms with Crippen molar-refractivity contribution in [3.8, 4) is 0 Å². The summed E-state index contributed by atoms with van der Waals surface area (Å²) in [5.41, 5.74) is 2.36. The Morgan fingerprint density at radius 3 is 2.60 bits per heavy atom. The number of nitrogens with zero attached hydrogens (tertiary/aromatic N) is 3. The highest BCUT2D eigenvalue weighted by molar-refractivity contribution is 5.94. The summed E-state index contributed by atoms with van der Waals surface area (Å²) in [4.78, 5) is 16.7. The Balaban J connectivity index is 1.44. The van der Waals surface area contributed by atoms with Crippen molar-refractivity contribution in [1.82, 2.24) is 20.1 Å². The molecule has 3 atom stereocenters. The average molecular weight is 338 g/mol. The van der Waals surface area contributed by atoms with Gasteiger partial charge in [0.1, 0.15) is 12.7 Å². The molecule has 5 heteroatoms. The second-order valence-electron chi connectivity index (χ2n) is 8.43. The van der Waals surface area contributed by atoms with E-state index in [9.17, 15) is 4.79 Å². The van der Waals surface area contributed by atoms with Gasteiger partial charge in [0.05, 0.1) is 6.54 Å². The van der Waals surface area contributed by atoms with E-state index in [1.165, 1.54) is 19.2 Å². The highest BCUT2D eigenvalue weighted by Crippen LogP contribution is 2.65. The molecule has 0 aliphatic heterocycles. The normalized spacial score (nSPS) is 29.7. The Morgan fingerprint density at radius 1 is 1.28 bits per heavy atom. The maximum atomic E-state index is 12.7. The molecule has 2 saturated carbocycles. The lowest BCUT2D eigenvalue weighted by Crippen LogP contribution is -2.46. The lowest BCUT2D eigenvalue weighted by molar-refractivity contribution is 0.0826. The molecule has 2 fully saturated rings. The SMILES string of the molecule is CC1(C)C2CCC1(C)C(NC(=O)c1ccc(Cn3cncn3)cc1)C2. The fourth-order valence-corrected chi connectivity index (χ4v) is 4.93. The first kappa shape index (κ1) is 16.3. The number of amides is 1. The van der Waals surface area contributed by atoms with Crippen LogP contribution in [0, 0.1) is 16.7 Å². The number of carbonyl (C=O) groups excluding carboxylic acids is 1. The molecule has 0 saturated heterocycles. The third-order valence-corrected chi connectivity index (χ3v) is 7.13. The van der Waals surface area contributed by atoms with Crippen molar-refractivity contribution in [2.24, 2.45) is 16.7 Å². The van der Waals surface area contributed by atoms with Gasteiger partial charge < -0.3 is 5.32 Å². The zero-order valence-electron chi connectivity index (χ0n) is 15.2. The number of hydrogen-bond acceptors (Lipinski definition) is 3. The van der Waals surface area contributed by atoms with Gasteiger partial charge >= 0.3 is 0 Å². The molecular weight excluding hydrogens is 312 g/mol. The lowest BCUT2D eigenvalue weighted by atomic mass is 9.69.